The highest BCUT2D eigenvalue weighted by atomic mass is 32.2. The quantitative estimate of drug-likeness (QED) is 0.495. The summed E-state index contributed by atoms with van der Waals surface area (Å²) in [4.78, 5) is 23.8. The number of hydrogen-bond acceptors (Lipinski definition) is 7. The maximum absolute atomic E-state index is 12.1. The molecule has 27 heavy (non-hydrogen) atoms. The van der Waals surface area contributed by atoms with E-state index in [0.29, 0.717) is 11.4 Å². The van der Waals surface area contributed by atoms with Crippen LogP contribution in [-0.4, -0.2) is 26.5 Å². The molecular formula is C18H17N5O3S. The highest BCUT2D eigenvalue weighted by molar-refractivity contribution is 7.99. The Kier molecular flexibility index (Phi) is 5.72. The first kappa shape index (κ1) is 18.5. The summed E-state index contributed by atoms with van der Waals surface area (Å²) in [5.74, 6) is 6.81. The van der Waals surface area contributed by atoms with Gasteiger partial charge in [-0.15, -0.1) is 10.2 Å². The minimum atomic E-state index is -0.443. The normalized spacial score (nSPS) is 10.4. The van der Waals surface area contributed by atoms with Crippen molar-refractivity contribution in [3.8, 4) is 11.5 Å². The number of nitrogen functional groups attached to an aromatic ring is 1. The van der Waals surface area contributed by atoms with Gasteiger partial charge in [0, 0.05) is 5.69 Å². The molecule has 2 aromatic carbocycles. The van der Waals surface area contributed by atoms with Crippen molar-refractivity contribution in [2.75, 3.05) is 16.9 Å². The molecule has 0 bridgehead atoms. The number of para-hydroxylation sites is 1. The second-order valence-electron chi connectivity index (χ2n) is 5.52. The van der Waals surface area contributed by atoms with Gasteiger partial charge in [0.15, 0.2) is 0 Å². The molecule has 0 saturated heterocycles. The van der Waals surface area contributed by atoms with Gasteiger partial charge in [-0.2, -0.15) is 4.68 Å². The minimum Gasteiger partial charge on any atom is -0.457 e. The number of nitrogens with zero attached hydrogens (tertiary/aromatic N) is 3. The van der Waals surface area contributed by atoms with Gasteiger partial charge < -0.3 is 15.9 Å². The van der Waals surface area contributed by atoms with Gasteiger partial charge in [0.1, 0.15) is 17.2 Å². The topological polar surface area (TPSA) is 112 Å². The van der Waals surface area contributed by atoms with Gasteiger partial charge in [0.05, 0.1) is 5.75 Å². The first-order valence-electron chi connectivity index (χ1n) is 8.00. The molecule has 9 heteroatoms. The number of rotatable bonds is 6. The number of benzene rings is 2. The fourth-order valence-corrected chi connectivity index (χ4v) is 2.78. The number of aromatic nitrogens is 3. The smallest absolute Gasteiger partial charge is 0.294 e. The van der Waals surface area contributed by atoms with Crippen LogP contribution in [0.1, 0.15) is 5.69 Å². The molecule has 0 aliphatic carbocycles. The summed E-state index contributed by atoms with van der Waals surface area (Å²) >= 11 is 1.03. The number of carbonyl (C=O) groups excluding carboxylic acids is 1. The molecule has 3 N–H and O–H groups in total. The maximum atomic E-state index is 12.1. The Labute approximate surface area is 159 Å². The van der Waals surface area contributed by atoms with Gasteiger partial charge in [-0.25, -0.2) is 0 Å². The van der Waals surface area contributed by atoms with E-state index in [1.807, 2.05) is 30.3 Å². The van der Waals surface area contributed by atoms with Crippen LogP contribution in [0.25, 0.3) is 0 Å². The molecule has 0 aliphatic heterocycles. The maximum Gasteiger partial charge on any atom is 0.294 e. The predicted octanol–water partition coefficient (Wildman–Crippen LogP) is 2.18. The van der Waals surface area contributed by atoms with Crippen LogP contribution in [0, 0.1) is 6.92 Å². The first-order chi connectivity index (χ1) is 13.0. The van der Waals surface area contributed by atoms with Crippen LogP contribution in [0.3, 0.4) is 0 Å². The summed E-state index contributed by atoms with van der Waals surface area (Å²) in [5.41, 5.74) is 0.382. The second-order valence-corrected chi connectivity index (χ2v) is 6.46. The molecule has 3 aromatic rings. The van der Waals surface area contributed by atoms with Gasteiger partial charge in [0.2, 0.25) is 11.1 Å². The van der Waals surface area contributed by atoms with E-state index in [9.17, 15) is 9.59 Å². The predicted molar refractivity (Wildman–Crippen MR) is 103 cm³/mol. The van der Waals surface area contributed by atoms with E-state index in [-0.39, 0.29) is 22.5 Å². The zero-order chi connectivity index (χ0) is 19.2. The molecule has 0 spiro atoms. The van der Waals surface area contributed by atoms with Crippen molar-refractivity contribution in [3.63, 3.8) is 0 Å². The summed E-state index contributed by atoms with van der Waals surface area (Å²) in [6.45, 7) is 1.52. The van der Waals surface area contributed by atoms with Gasteiger partial charge in [0.25, 0.3) is 5.56 Å². The highest BCUT2D eigenvalue weighted by Gasteiger charge is 2.10. The van der Waals surface area contributed by atoms with Crippen molar-refractivity contribution in [1.82, 2.24) is 14.9 Å². The van der Waals surface area contributed by atoms with Gasteiger partial charge >= 0.3 is 0 Å². The molecule has 0 radical (unpaired) electrons. The van der Waals surface area contributed by atoms with Crippen molar-refractivity contribution in [3.05, 3.63) is 70.6 Å². The molecule has 3 rings (SSSR count). The van der Waals surface area contributed by atoms with Gasteiger partial charge in [-0.3, -0.25) is 9.59 Å². The number of carbonyl (C=O) groups is 1. The van der Waals surface area contributed by atoms with E-state index in [2.05, 4.69) is 15.5 Å². The van der Waals surface area contributed by atoms with Crippen LogP contribution in [0.15, 0.2) is 64.5 Å². The number of anilines is 1. The van der Waals surface area contributed by atoms with Crippen molar-refractivity contribution in [2.45, 2.75) is 12.1 Å². The van der Waals surface area contributed by atoms with Crippen molar-refractivity contribution in [2.24, 2.45) is 0 Å². The fraction of sp³-hybridized carbons (Fsp3) is 0.111. The van der Waals surface area contributed by atoms with E-state index in [1.54, 1.807) is 24.3 Å². The van der Waals surface area contributed by atoms with Crippen LogP contribution in [0.5, 0.6) is 11.5 Å². The molecule has 0 aliphatic rings. The lowest BCUT2D eigenvalue weighted by Crippen LogP contribution is -2.32. The number of aryl methyl sites for hydroxylation is 1. The largest absolute Gasteiger partial charge is 0.457 e. The molecule has 0 unspecified atom stereocenters. The zero-order valence-corrected chi connectivity index (χ0v) is 15.3. The monoisotopic (exact) mass is 383 g/mol. The Hall–Kier alpha value is -3.33. The number of hydrogen-bond donors (Lipinski definition) is 2. The molecule has 8 nitrogen and oxygen atoms in total. The van der Waals surface area contributed by atoms with Crippen LogP contribution in [0.4, 0.5) is 5.69 Å². The first-order valence-corrected chi connectivity index (χ1v) is 8.98. The van der Waals surface area contributed by atoms with Crippen LogP contribution in [-0.2, 0) is 4.79 Å². The number of nitrogens with two attached hydrogens (primary N) is 1. The van der Waals surface area contributed by atoms with Crippen LogP contribution < -0.4 is 21.5 Å². The van der Waals surface area contributed by atoms with Gasteiger partial charge in [-0.1, -0.05) is 30.0 Å². The number of amides is 1. The van der Waals surface area contributed by atoms with E-state index < -0.39 is 5.56 Å². The highest BCUT2D eigenvalue weighted by Crippen LogP contribution is 2.22. The lowest BCUT2D eigenvalue weighted by Gasteiger charge is -2.08. The summed E-state index contributed by atoms with van der Waals surface area (Å²) in [7, 11) is 0. The Balaban J connectivity index is 1.55. The van der Waals surface area contributed by atoms with Gasteiger partial charge in [-0.05, 0) is 43.3 Å². The molecule has 1 heterocycles. The minimum absolute atomic E-state index is 0.0383. The summed E-state index contributed by atoms with van der Waals surface area (Å²) in [6, 6.07) is 16.4. The molecule has 1 aromatic heterocycles. The zero-order valence-electron chi connectivity index (χ0n) is 14.5. The number of thioether (sulfide) groups is 1. The molecule has 1 amide bonds. The summed E-state index contributed by atoms with van der Waals surface area (Å²) in [5, 5.41) is 10.5. The number of ether oxygens (including phenoxy) is 1. The summed E-state index contributed by atoms with van der Waals surface area (Å²) < 4.78 is 6.58. The standard InChI is InChI=1S/C18H17N5O3S/c1-12-17(25)23(19)18(22-21-12)27-11-16(24)20-13-7-9-15(10-8-13)26-14-5-3-2-4-6-14/h2-10H,11,19H2,1H3,(H,20,24). The SMILES string of the molecule is Cc1nnc(SCC(=O)Nc2ccc(Oc3ccccc3)cc2)n(N)c1=O. The molecule has 0 atom stereocenters. The molecule has 0 fully saturated rings. The van der Waals surface area contributed by atoms with Crippen LogP contribution >= 0.6 is 11.8 Å². The molecule has 138 valence electrons. The third-order valence-electron chi connectivity index (χ3n) is 3.47. The van der Waals surface area contributed by atoms with E-state index in [4.69, 9.17) is 10.6 Å². The lowest BCUT2D eigenvalue weighted by molar-refractivity contribution is -0.113. The Bertz CT molecular complexity index is 990. The van der Waals surface area contributed by atoms with Crippen molar-refractivity contribution in [1.29, 1.82) is 0 Å². The average Bonchev–Trinajstić information content (AvgIpc) is 2.68. The third kappa shape index (κ3) is 4.85. The Morgan fingerprint density at radius 3 is 2.48 bits per heavy atom. The van der Waals surface area contributed by atoms with E-state index >= 15 is 0 Å². The average molecular weight is 383 g/mol. The second kappa shape index (κ2) is 8.37. The Morgan fingerprint density at radius 1 is 1.11 bits per heavy atom. The van der Waals surface area contributed by atoms with Crippen molar-refractivity contribution >= 4 is 23.4 Å². The fourth-order valence-electron chi connectivity index (χ4n) is 2.13. The van der Waals surface area contributed by atoms with Crippen LogP contribution in [0.2, 0.25) is 0 Å². The summed E-state index contributed by atoms with van der Waals surface area (Å²) in [6.07, 6.45) is 0. The third-order valence-corrected chi connectivity index (χ3v) is 4.41. The van der Waals surface area contributed by atoms with E-state index in [0.717, 1.165) is 22.2 Å². The Morgan fingerprint density at radius 2 is 1.78 bits per heavy atom. The lowest BCUT2D eigenvalue weighted by atomic mass is 10.3. The van der Waals surface area contributed by atoms with E-state index in [1.165, 1.54) is 6.92 Å². The molecular weight excluding hydrogens is 366 g/mol. The molecule has 0 saturated carbocycles. The number of nitrogens with one attached hydrogen (secondary N) is 1. The van der Waals surface area contributed by atoms with Crippen molar-refractivity contribution < 1.29 is 9.53 Å².